The lowest BCUT2D eigenvalue weighted by atomic mass is 10.1. The van der Waals surface area contributed by atoms with Crippen molar-refractivity contribution in [1.29, 1.82) is 0 Å². The van der Waals surface area contributed by atoms with Gasteiger partial charge >= 0.3 is 6.09 Å². The fourth-order valence-corrected chi connectivity index (χ4v) is 3.39. The van der Waals surface area contributed by atoms with E-state index in [1.807, 2.05) is 60.6 Å². The Balaban J connectivity index is 0.00000121. The monoisotopic (exact) mass is 512 g/mol. The second-order valence-corrected chi connectivity index (χ2v) is 8.67. The molecule has 32 heavy (non-hydrogen) atoms. The molecule has 1 amide bonds. The Morgan fingerprint density at radius 2 is 1.78 bits per heavy atom. The molecule has 0 bridgehead atoms. The quantitative estimate of drug-likeness (QED) is 0.500. The van der Waals surface area contributed by atoms with E-state index < -0.39 is 5.60 Å². The van der Waals surface area contributed by atoms with Crippen molar-refractivity contribution in [2.24, 2.45) is 0 Å². The van der Waals surface area contributed by atoms with Crippen LogP contribution in [0.5, 0.6) is 5.75 Å². The number of ether oxygens (including phenoxy) is 2. The molecule has 2 heterocycles. The summed E-state index contributed by atoms with van der Waals surface area (Å²) in [6, 6.07) is 3.72. The van der Waals surface area contributed by atoms with Gasteiger partial charge in [-0.25, -0.2) is 19.8 Å². The average molecular weight is 513 g/mol. The lowest BCUT2D eigenvalue weighted by Gasteiger charge is -2.33. The molecule has 1 aromatic carbocycles. The highest BCUT2D eigenvalue weighted by molar-refractivity contribution is 9.10. The third-order valence-electron chi connectivity index (χ3n) is 4.30. The summed E-state index contributed by atoms with van der Waals surface area (Å²) in [6.07, 6.45) is 2.80. The van der Waals surface area contributed by atoms with Crippen LogP contribution in [0.15, 0.2) is 22.8 Å². The summed E-state index contributed by atoms with van der Waals surface area (Å²) in [6.45, 7) is 14.8. The lowest BCUT2D eigenvalue weighted by molar-refractivity contribution is 0.0126. The van der Waals surface area contributed by atoms with E-state index in [1.54, 1.807) is 11.1 Å². The number of piperidine rings is 1. The number of carbonyl (C=O) groups excluding carboxylic acids is 1. The van der Waals surface area contributed by atoms with Crippen molar-refractivity contribution in [2.75, 3.05) is 25.2 Å². The van der Waals surface area contributed by atoms with Crippen molar-refractivity contribution in [1.82, 2.24) is 14.9 Å². The van der Waals surface area contributed by atoms with E-state index in [1.165, 1.54) is 7.05 Å². The zero-order valence-corrected chi connectivity index (χ0v) is 22.1. The molecule has 1 N–H and O–H groups in total. The predicted molar refractivity (Wildman–Crippen MR) is 132 cm³/mol. The minimum atomic E-state index is -0.496. The molecule has 0 aliphatic carbocycles. The van der Waals surface area contributed by atoms with Crippen LogP contribution in [0.1, 0.15) is 61.3 Å². The number of fused-ring (bicyclic) bond motifs is 1. The van der Waals surface area contributed by atoms with Crippen molar-refractivity contribution in [2.45, 2.75) is 73.0 Å². The Kier molecular flexibility index (Phi) is 11.2. The predicted octanol–water partition coefficient (Wildman–Crippen LogP) is 6.05. The highest BCUT2D eigenvalue weighted by Crippen LogP contribution is 2.32. The van der Waals surface area contributed by atoms with Crippen LogP contribution in [-0.2, 0) is 4.74 Å². The molecule has 0 spiro atoms. The van der Waals surface area contributed by atoms with Gasteiger partial charge in [0.2, 0.25) is 5.95 Å². The molecule has 0 saturated carbocycles. The van der Waals surface area contributed by atoms with Crippen molar-refractivity contribution >= 4 is 38.9 Å². The number of aromatic nitrogens is 2. The lowest BCUT2D eigenvalue weighted by Crippen LogP contribution is -2.44. The molecule has 1 aliphatic rings. The summed E-state index contributed by atoms with van der Waals surface area (Å²) in [5.41, 5.74) is 0.180. The summed E-state index contributed by atoms with van der Waals surface area (Å²) in [4.78, 5) is 22.3. The van der Waals surface area contributed by atoms with Gasteiger partial charge in [0.15, 0.2) is 0 Å². The van der Waals surface area contributed by atoms with Crippen LogP contribution in [0.4, 0.5) is 10.7 Å². The molecule has 1 aliphatic heterocycles. The second kappa shape index (κ2) is 12.8. The summed E-state index contributed by atoms with van der Waals surface area (Å²) < 4.78 is 12.4. The number of hydrogen-bond donors (Lipinski definition) is 1. The summed E-state index contributed by atoms with van der Waals surface area (Å²) in [5.74, 6) is 0.889. The van der Waals surface area contributed by atoms with E-state index >= 15 is 0 Å². The fraction of sp³-hybridized carbons (Fsp3) is 0.609. The van der Waals surface area contributed by atoms with Crippen molar-refractivity contribution < 1.29 is 19.5 Å². The molecule has 3 rings (SSSR count). The maximum absolute atomic E-state index is 12.2. The van der Waals surface area contributed by atoms with Crippen molar-refractivity contribution in [3.63, 3.8) is 0 Å². The van der Waals surface area contributed by atoms with Crippen LogP contribution >= 0.6 is 15.9 Å². The van der Waals surface area contributed by atoms with Crippen LogP contribution in [-0.4, -0.2) is 58.0 Å². The van der Waals surface area contributed by atoms with Gasteiger partial charge in [0.05, 0.1) is 9.99 Å². The molecule has 1 fully saturated rings. The zero-order valence-electron chi connectivity index (χ0n) is 20.5. The number of carbonyl (C=O) groups is 1. The molecule has 1 saturated heterocycles. The average Bonchev–Trinajstić information content (AvgIpc) is 2.76. The minimum Gasteiger partial charge on any atom is -0.489 e. The first-order valence-corrected chi connectivity index (χ1v) is 11.9. The van der Waals surface area contributed by atoms with Crippen LogP contribution in [0, 0.1) is 0 Å². The SMILES string of the molecule is CC.CC.CN(O)c1ncc2cc(Br)c(OC3CCN(C(=O)OC(C)(C)C)CC3)cc2n1. The van der Waals surface area contributed by atoms with E-state index in [2.05, 4.69) is 25.9 Å². The third-order valence-corrected chi connectivity index (χ3v) is 4.92. The normalized spacial score (nSPS) is 14.0. The van der Waals surface area contributed by atoms with E-state index in [0.29, 0.717) is 24.4 Å². The molecule has 2 aromatic rings. The Morgan fingerprint density at radius 3 is 2.31 bits per heavy atom. The Labute approximate surface area is 200 Å². The highest BCUT2D eigenvalue weighted by Gasteiger charge is 2.28. The summed E-state index contributed by atoms with van der Waals surface area (Å²) in [7, 11) is 1.47. The molecule has 9 heteroatoms. The largest absolute Gasteiger partial charge is 0.489 e. The second-order valence-electron chi connectivity index (χ2n) is 7.82. The maximum Gasteiger partial charge on any atom is 0.410 e. The topological polar surface area (TPSA) is 88.0 Å². The molecule has 0 unspecified atom stereocenters. The Bertz CT molecular complexity index is 863. The molecule has 0 atom stereocenters. The molecular weight excluding hydrogens is 476 g/mol. The number of hydrogen-bond acceptors (Lipinski definition) is 7. The van der Waals surface area contributed by atoms with E-state index in [-0.39, 0.29) is 18.1 Å². The van der Waals surface area contributed by atoms with Gasteiger partial charge in [0, 0.05) is 50.6 Å². The van der Waals surface area contributed by atoms with Gasteiger partial charge in [-0.05, 0) is 42.8 Å². The number of rotatable bonds is 3. The first-order valence-electron chi connectivity index (χ1n) is 11.2. The van der Waals surface area contributed by atoms with Gasteiger partial charge in [0.1, 0.15) is 17.5 Å². The summed E-state index contributed by atoms with van der Waals surface area (Å²) >= 11 is 3.53. The van der Waals surface area contributed by atoms with Gasteiger partial charge in [-0.15, -0.1) is 0 Å². The van der Waals surface area contributed by atoms with E-state index in [0.717, 1.165) is 27.8 Å². The highest BCUT2D eigenvalue weighted by atomic mass is 79.9. The standard InChI is InChI=1S/C19H25BrN4O4.2C2H6/c1-19(2,3)28-18(25)24-7-5-13(6-8-24)27-16-10-15-12(9-14(16)20)11-21-17(22-15)23(4)26;2*1-2/h9-11,13,26H,5-8H2,1-4H3;2*1-2H3. The minimum absolute atomic E-state index is 0.00531. The van der Waals surface area contributed by atoms with Gasteiger partial charge < -0.3 is 14.4 Å². The van der Waals surface area contributed by atoms with E-state index in [4.69, 9.17) is 9.47 Å². The van der Waals surface area contributed by atoms with Gasteiger partial charge in [-0.3, -0.25) is 5.21 Å². The Morgan fingerprint density at radius 1 is 1.19 bits per heavy atom. The van der Waals surface area contributed by atoms with Crippen molar-refractivity contribution in [3.8, 4) is 5.75 Å². The van der Waals surface area contributed by atoms with Crippen LogP contribution in [0.25, 0.3) is 10.9 Å². The molecule has 8 nitrogen and oxygen atoms in total. The van der Waals surface area contributed by atoms with Crippen LogP contribution < -0.4 is 9.80 Å². The number of hydroxylamine groups is 1. The zero-order chi connectivity index (χ0) is 24.5. The molecular formula is C23H37BrN4O4. The van der Waals surface area contributed by atoms with Gasteiger partial charge in [-0.2, -0.15) is 0 Å². The van der Waals surface area contributed by atoms with Crippen LogP contribution in [0.3, 0.4) is 0 Å². The Hall–Kier alpha value is -2.13. The van der Waals surface area contributed by atoms with Gasteiger partial charge in [0.25, 0.3) is 0 Å². The van der Waals surface area contributed by atoms with Crippen molar-refractivity contribution in [3.05, 3.63) is 22.8 Å². The number of anilines is 1. The van der Waals surface area contributed by atoms with Gasteiger partial charge in [-0.1, -0.05) is 27.7 Å². The van der Waals surface area contributed by atoms with E-state index in [9.17, 15) is 10.0 Å². The molecule has 0 radical (unpaired) electrons. The maximum atomic E-state index is 12.2. The van der Waals surface area contributed by atoms with Crippen LogP contribution in [0.2, 0.25) is 0 Å². The number of benzene rings is 1. The molecule has 180 valence electrons. The third kappa shape index (κ3) is 8.09. The number of likely N-dealkylation sites (tertiary alicyclic amines) is 1. The first kappa shape index (κ1) is 27.9. The fourth-order valence-electron chi connectivity index (χ4n) is 2.93. The summed E-state index contributed by atoms with van der Waals surface area (Å²) in [5, 5.41) is 11.2. The number of halogens is 1. The smallest absolute Gasteiger partial charge is 0.410 e. The number of amides is 1. The first-order chi connectivity index (χ1) is 15.1. The number of nitrogens with zero attached hydrogens (tertiary/aromatic N) is 4. The molecule has 1 aromatic heterocycles.